The van der Waals surface area contributed by atoms with E-state index in [-0.39, 0.29) is 5.76 Å². The quantitative estimate of drug-likeness (QED) is 0.252. The highest BCUT2D eigenvalue weighted by molar-refractivity contribution is 5.91. The van der Waals surface area contributed by atoms with Crippen LogP contribution in [0.4, 0.5) is 0 Å². The summed E-state index contributed by atoms with van der Waals surface area (Å²) in [6, 6.07) is 0. The van der Waals surface area contributed by atoms with E-state index in [1.165, 1.54) is 6.92 Å². The zero-order valence-corrected chi connectivity index (χ0v) is 5.75. The molecule has 4 nitrogen and oxygen atoms in total. The van der Waals surface area contributed by atoms with Crippen molar-refractivity contribution in [2.45, 2.75) is 13.8 Å². The Morgan fingerprint density at radius 3 is 2.20 bits per heavy atom. The van der Waals surface area contributed by atoms with Crippen LogP contribution in [-0.2, 0) is 14.3 Å². The number of aliphatic hydroxyl groups excluding tert-OH is 1. The van der Waals surface area contributed by atoms with Crippen LogP contribution in [0.15, 0.2) is 11.8 Å². The van der Waals surface area contributed by atoms with Crippen molar-refractivity contribution in [3.05, 3.63) is 11.8 Å². The van der Waals surface area contributed by atoms with Crippen LogP contribution in [0.5, 0.6) is 0 Å². The van der Waals surface area contributed by atoms with E-state index in [0.29, 0.717) is 0 Å². The maximum Gasteiger partial charge on any atom is 0.341 e. The van der Waals surface area contributed by atoms with Gasteiger partial charge in [0.05, 0.1) is 11.8 Å². The molecule has 0 unspecified atom stereocenters. The number of esters is 2. The summed E-state index contributed by atoms with van der Waals surface area (Å²) in [7, 11) is 0. The number of carbonyl (C=O) groups excluding carboxylic acids is 2. The molecule has 56 valence electrons. The molecule has 0 aliphatic heterocycles. The summed E-state index contributed by atoms with van der Waals surface area (Å²) in [6.45, 7) is 2.42. The van der Waals surface area contributed by atoms with Gasteiger partial charge in [-0.1, -0.05) is 0 Å². The molecule has 0 atom stereocenters. The summed E-state index contributed by atoms with van der Waals surface area (Å²) in [5.74, 6) is -1.73. The number of hydrogen-bond acceptors (Lipinski definition) is 4. The molecule has 0 saturated heterocycles. The second-order valence-corrected chi connectivity index (χ2v) is 1.70. The Kier molecular flexibility index (Phi) is 3.17. The fraction of sp³-hybridized carbons (Fsp3) is 0.333. The molecule has 0 aliphatic carbocycles. The van der Waals surface area contributed by atoms with Crippen molar-refractivity contribution in [2.75, 3.05) is 0 Å². The zero-order chi connectivity index (χ0) is 8.15. The fourth-order valence-electron chi connectivity index (χ4n) is 0.342. The first-order valence-corrected chi connectivity index (χ1v) is 2.62. The van der Waals surface area contributed by atoms with Gasteiger partial charge in [0.1, 0.15) is 0 Å². The molecule has 0 bridgehead atoms. The highest BCUT2D eigenvalue weighted by Crippen LogP contribution is 1.87. The third kappa shape index (κ3) is 4.83. The van der Waals surface area contributed by atoms with Gasteiger partial charge in [-0.25, -0.2) is 4.79 Å². The molecule has 0 aliphatic rings. The molecule has 4 heteroatoms. The number of aliphatic hydroxyl groups is 1. The standard InChI is InChI=1S/C6H8O4/c1-4(7)3-6(9)10-5(2)8/h3,7H,1-2H3/b4-3-. The van der Waals surface area contributed by atoms with Crippen molar-refractivity contribution in [1.29, 1.82) is 0 Å². The summed E-state index contributed by atoms with van der Waals surface area (Å²) < 4.78 is 4.05. The second kappa shape index (κ2) is 3.66. The van der Waals surface area contributed by atoms with Crippen molar-refractivity contribution >= 4 is 11.9 Å². The molecule has 0 aromatic rings. The molecule has 0 fully saturated rings. The lowest BCUT2D eigenvalue weighted by Crippen LogP contribution is -2.05. The van der Waals surface area contributed by atoms with Crippen molar-refractivity contribution in [3.8, 4) is 0 Å². The Morgan fingerprint density at radius 1 is 1.40 bits per heavy atom. The molecule has 0 rings (SSSR count). The van der Waals surface area contributed by atoms with E-state index >= 15 is 0 Å². The topological polar surface area (TPSA) is 63.6 Å². The molecule has 10 heavy (non-hydrogen) atoms. The van der Waals surface area contributed by atoms with Crippen LogP contribution in [0.25, 0.3) is 0 Å². The smallest absolute Gasteiger partial charge is 0.341 e. The molecule has 0 radical (unpaired) electrons. The first-order chi connectivity index (χ1) is 4.52. The van der Waals surface area contributed by atoms with E-state index in [9.17, 15) is 9.59 Å². The predicted octanol–water partition coefficient (Wildman–Crippen LogP) is 0.538. The first kappa shape index (κ1) is 8.68. The van der Waals surface area contributed by atoms with Gasteiger partial charge in [0, 0.05) is 6.92 Å². The molecule has 0 aromatic carbocycles. The van der Waals surface area contributed by atoms with E-state index in [1.54, 1.807) is 0 Å². The van der Waals surface area contributed by atoms with Gasteiger partial charge < -0.3 is 9.84 Å². The van der Waals surface area contributed by atoms with Crippen LogP contribution in [0.1, 0.15) is 13.8 Å². The van der Waals surface area contributed by atoms with E-state index in [2.05, 4.69) is 4.74 Å². The van der Waals surface area contributed by atoms with Gasteiger partial charge in [-0.2, -0.15) is 0 Å². The second-order valence-electron chi connectivity index (χ2n) is 1.70. The van der Waals surface area contributed by atoms with E-state index in [0.717, 1.165) is 13.0 Å². The van der Waals surface area contributed by atoms with Crippen molar-refractivity contribution < 1.29 is 19.4 Å². The molecule has 0 aromatic heterocycles. The Bertz CT molecular complexity index is 176. The Labute approximate surface area is 58.1 Å². The minimum Gasteiger partial charge on any atom is -0.512 e. The van der Waals surface area contributed by atoms with Crippen LogP contribution < -0.4 is 0 Å². The van der Waals surface area contributed by atoms with Gasteiger partial charge in [0.2, 0.25) is 0 Å². The molecular formula is C6H8O4. The van der Waals surface area contributed by atoms with Crippen LogP contribution in [-0.4, -0.2) is 17.0 Å². The summed E-state index contributed by atoms with van der Waals surface area (Å²) >= 11 is 0. The molecule has 0 heterocycles. The summed E-state index contributed by atoms with van der Waals surface area (Å²) in [4.78, 5) is 20.5. The minimum atomic E-state index is -0.854. The highest BCUT2D eigenvalue weighted by Gasteiger charge is 2.00. The van der Waals surface area contributed by atoms with E-state index < -0.39 is 11.9 Å². The van der Waals surface area contributed by atoms with Gasteiger partial charge >= 0.3 is 11.9 Å². The summed E-state index contributed by atoms with van der Waals surface area (Å²) in [6.07, 6.45) is 0.821. The molecule has 1 N–H and O–H groups in total. The number of rotatable bonds is 1. The normalized spacial score (nSPS) is 10.8. The summed E-state index contributed by atoms with van der Waals surface area (Å²) in [5.41, 5.74) is 0. The van der Waals surface area contributed by atoms with Crippen LogP contribution in [0.3, 0.4) is 0 Å². The third-order valence-corrected chi connectivity index (χ3v) is 0.571. The number of carbonyl (C=O) groups is 2. The zero-order valence-electron chi connectivity index (χ0n) is 5.75. The SMILES string of the molecule is CC(=O)OC(=O)/C=C(/C)O. The highest BCUT2D eigenvalue weighted by atomic mass is 16.6. The van der Waals surface area contributed by atoms with Gasteiger partial charge in [-0.3, -0.25) is 4.79 Å². The lowest BCUT2D eigenvalue weighted by molar-refractivity contribution is -0.154. The van der Waals surface area contributed by atoms with Crippen molar-refractivity contribution in [1.82, 2.24) is 0 Å². The van der Waals surface area contributed by atoms with Crippen LogP contribution in [0, 0.1) is 0 Å². The molecule has 0 amide bonds. The number of allylic oxidation sites excluding steroid dienone is 1. The van der Waals surface area contributed by atoms with Gasteiger partial charge in [-0.05, 0) is 6.92 Å². The van der Waals surface area contributed by atoms with Gasteiger partial charge in [0.25, 0.3) is 0 Å². The van der Waals surface area contributed by atoms with Crippen molar-refractivity contribution in [2.24, 2.45) is 0 Å². The van der Waals surface area contributed by atoms with Crippen molar-refractivity contribution in [3.63, 3.8) is 0 Å². The Balaban J connectivity index is 3.88. The fourth-order valence-corrected chi connectivity index (χ4v) is 0.342. The average Bonchev–Trinajstić information content (AvgIpc) is 1.58. The van der Waals surface area contributed by atoms with E-state index in [4.69, 9.17) is 5.11 Å². The Morgan fingerprint density at radius 2 is 1.90 bits per heavy atom. The largest absolute Gasteiger partial charge is 0.512 e. The third-order valence-electron chi connectivity index (χ3n) is 0.571. The lowest BCUT2D eigenvalue weighted by Gasteiger charge is -1.92. The summed E-state index contributed by atoms with van der Waals surface area (Å²) in [5, 5.41) is 8.48. The maximum absolute atomic E-state index is 10.4. The molecule has 0 saturated carbocycles. The van der Waals surface area contributed by atoms with Crippen LogP contribution >= 0.6 is 0 Å². The lowest BCUT2D eigenvalue weighted by atomic mass is 10.5. The Hall–Kier alpha value is -1.32. The molecular weight excluding hydrogens is 136 g/mol. The maximum atomic E-state index is 10.4. The average molecular weight is 144 g/mol. The molecule has 0 spiro atoms. The minimum absolute atomic E-state index is 0.189. The van der Waals surface area contributed by atoms with Crippen LogP contribution in [0.2, 0.25) is 0 Å². The van der Waals surface area contributed by atoms with Gasteiger partial charge in [-0.15, -0.1) is 0 Å². The van der Waals surface area contributed by atoms with E-state index in [1.807, 2.05) is 0 Å². The first-order valence-electron chi connectivity index (χ1n) is 2.62. The predicted molar refractivity (Wildman–Crippen MR) is 33.2 cm³/mol. The van der Waals surface area contributed by atoms with Gasteiger partial charge in [0.15, 0.2) is 0 Å². The monoisotopic (exact) mass is 144 g/mol. The number of hydrogen-bond donors (Lipinski definition) is 1. The number of ether oxygens (including phenoxy) is 1.